The van der Waals surface area contributed by atoms with Crippen LogP contribution < -0.4 is 5.32 Å². The Kier molecular flexibility index (Phi) is 5.60. The number of hydrogen-bond acceptors (Lipinski definition) is 5. The second kappa shape index (κ2) is 8.13. The molecule has 0 saturated carbocycles. The van der Waals surface area contributed by atoms with E-state index >= 15 is 0 Å². The Morgan fingerprint density at radius 1 is 1.32 bits per heavy atom. The van der Waals surface area contributed by atoms with Gasteiger partial charge < -0.3 is 5.32 Å². The van der Waals surface area contributed by atoms with Gasteiger partial charge in [0.2, 0.25) is 5.91 Å². The largest absolute Gasteiger partial charge is 0.350 e. The second-order valence-electron chi connectivity index (χ2n) is 8.25. The number of nitrogens with one attached hydrogen (secondary N) is 1. The Hall–Kier alpha value is -2.05. The molecule has 2 fully saturated rings. The highest BCUT2D eigenvalue weighted by Crippen LogP contribution is 2.51. The van der Waals surface area contributed by atoms with Crippen molar-refractivity contribution in [2.24, 2.45) is 5.41 Å². The summed E-state index contributed by atoms with van der Waals surface area (Å²) < 4.78 is 0. The van der Waals surface area contributed by atoms with Gasteiger partial charge in [-0.3, -0.25) is 14.7 Å². The lowest BCUT2D eigenvalue weighted by molar-refractivity contribution is -0.133. The van der Waals surface area contributed by atoms with Crippen LogP contribution in [0.5, 0.6) is 0 Å². The van der Waals surface area contributed by atoms with Crippen molar-refractivity contribution in [1.82, 2.24) is 20.2 Å². The van der Waals surface area contributed by atoms with Crippen molar-refractivity contribution in [2.75, 3.05) is 6.54 Å². The lowest BCUT2D eigenvalue weighted by atomic mass is 9.70. The van der Waals surface area contributed by atoms with Crippen LogP contribution in [0.3, 0.4) is 0 Å². The average molecular weight is 397 g/mol. The molecule has 0 unspecified atom stereocenters. The maximum absolute atomic E-state index is 13.5. The van der Waals surface area contributed by atoms with Crippen LogP contribution in [0.25, 0.3) is 0 Å². The molecular weight excluding hydrogens is 368 g/mol. The molecule has 1 amide bonds. The molecule has 0 radical (unpaired) electrons. The number of hydrogen-bond donors (Lipinski definition) is 1. The normalized spacial score (nSPS) is 26.4. The molecule has 6 heteroatoms. The van der Waals surface area contributed by atoms with Crippen molar-refractivity contribution in [3.8, 4) is 0 Å². The first-order valence-corrected chi connectivity index (χ1v) is 11.0. The molecule has 2 aliphatic rings. The lowest BCUT2D eigenvalue weighted by Crippen LogP contribution is -2.50. The highest BCUT2D eigenvalue weighted by molar-refractivity contribution is 7.07. The summed E-state index contributed by atoms with van der Waals surface area (Å²) in [6, 6.07) is 6.57. The fraction of sp³-hybridized carbons (Fsp3) is 0.500. The minimum Gasteiger partial charge on any atom is -0.350 e. The molecule has 2 bridgehead atoms. The van der Waals surface area contributed by atoms with Gasteiger partial charge in [0.1, 0.15) is 0 Å². The van der Waals surface area contributed by atoms with E-state index in [0.717, 1.165) is 37.2 Å². The van der Waals surface area contributed by atoms with E-state index in [-0.39, 0.29) is 11.9 Å². The molecule has 4 rings (SSSR count). The van der Waals surface area contributed by atoms with Crippen molar-refractivity contribution in [3.63, 3.8) is 0 Å². The molecule has 0 aliphatic carbocycles. The molecule has 0 aromatic carbocycles. The first kappa shape index (κ1) is 19.3. The summed E-state index contributed by atoms with van der Waals surface area (Å²) in [5.41, 5.74) is 4.72. The van der Waals surface area contributed by atoms with E-state index in [4.69, 9.17) is 0 Å². The number of amides is 1. The van der Waals surface area contributed by atoms with Gasteiger partial charge in [-0.25, -0.2) is 4.98 Å². The van der Waals surface area contributed by atoms with Crippen molar-refractivity contribution in [1.29, 1.82) is 0 Å². The molecule has 0 spiro atoms. The number of aromatic nitrogens is 2. The number of rotatable bonds is 7. The van der Waals surface area contributed by atoms with Crippen LogP contribution in [0.2, 0.25) is 0 Å². The molecule has 5 nitrogen and oxygen atoms in total. The van der Waals surface area contributed by atoms with Crippen LogP contribution in [-0.2, 0) is 17.8 Å². The summed E-state index contributed by atoms with van der Waals surface area (Å²) in [6.45, 7) is 5.69. The van der Waals surface area contributed by atoms with Gasteiger partial charge in [-0.2, -0.15) is 0 Å². The maximum atomic E-state index is 13.5. The molecular formula is C22H28N4OS. The smallest absolute Gasteiger partial charge is 0.228 e. The fourth-order valence-corrected chi connectivity index (χ4v) is 5.44. The SMILES string of the molecule is CC(C)=CCN1[C@@H]2CC[C@H]1[C@@](Cc1cscn1)(C(=O)NCc1ccccn1)C2. The molecule has 28 heavy (non-hydrogen) atoms. The predicted octanol–water partition coefficient (Wildman–Crippen LogP) is 3.59. The Morgan fingerprint density at radius 3 is 2.93 bits per heavy atom. The minimum atomic E-state index is -0.402. The molecule has 4 heterocycles. The van der Waals surface area contributed by atoms with Gasteiger partial charge in [0.05, 0.1) is 28.9 Å². The van der Waals surface area contributed by atoms with Gasteiger partial charge in [-0.15, -0.1) is 11.3 Å². The van der Waals surface area contributed by atoms with Crippen LogP contribution in [-0.4, -0.2) is 39.4 Å². The number of allylic oxidation sites excluding steroid dienone is 1. The molecule has 2 aromatic heterocycles. The fourth-order valence-electron chi connectivity index (χ4n) is 4.88. The Bertz CT molecular complexity index is 831. The van der Waals surface area contributed by atoms with Gasteiger partial charge in [-0.1, -0.05) is 17.7 Å². The molecule has 2 aliphatic heterocycles. The second-order valence-corrected chi connectivity index (χ2v) is 8.96. The van der Waals surface area contributed by atoms with Gasteiger partial charge in [-0.05, 0) is 45.2 Å². The van der Waals surface area contributed by atoms with E-state index in [9.17, 15) is 4.79 Å². The van der Waals surface area contributed by atoms with Crippen LogP contribution in [0, 0.1) is 5.41 Å². The van der Waals surface area contributed by atoms with Crippen molar-refractivity contribution in [3.05, 3.63) is 58.3 Å². The van der Waals surface area contributed by atoms with Crippen LogP contribution in [0.15, 0.2) is 46.9 Å². The zero-order chi connectivity index (χ0) is 19.6. The zero-order valence-electron chi connectivity index (χ0n) is 16.6. The highest BCUT2D eigenvalue weighted by Gasteiger charge is 2.59. The number of carbonyl (C=O) groups excluding carboxylic acids is 1. The quantitative estimate of drug-likeness (QED) is 0.727. The average Bonchev–Trinajstić information content (AvgIpc) is 3.41. The zero-order valence-corrected chi connectivity index (χ0v) is 17.4. The lowest BCUT2D eigenvalue weighted by Gasteiger charge is -2.36. The Labute approximate surface area is 170 Å². The van der Waals surface area contributed by atoms with Gasteiger partial charge >= 0.3 is 0 Å². The molecule has 3 atom stereocenters. The van der Waals surface area contributed by atoms with E-state index in [0.29, 0.717) is 12.6 Å². The maximum Gasteiger partial charge on any atom is 0.228 e. The molecule has 1 N–H and O–H groups in total. The van der Waals surface area contributed by atoms with Crippen molar-refractivity contribution >= 4 is 17.2 Å². The van der Waals surface area contributed by atoms with Gasteiger partial charge in [0.25, 0.3) is 0 Å². The van der Waals surface area contributed by atoms with Crippen LogP contribution in [0.4, 0.5) is 0 Å². The summed E-state index contributed by atoms with van der Waals surface area (Å²) >= 11 is 1.60. The van der Waals surface area contributed by atoms with Crippen molar-refractivity contribution < 1.29 is 4.79 Å². The number of nitrogens with zero attached hydrogens (tertiary/aromatic N) is 3. The van der Waals surface area contributed by atoms with Gasteiger partial charge in [0, 0.05) is 36.6 Å². The number of fused-ring (bicyclic) bond motifs is 2. The Balaban J connectivity index is 1.57. The monoisotopic (exact) mass is 396 g/mol. The molecule has 2 saturated heterocycles. The van der Waals surface area contributed by atoms with E-state index < -0.39 is 5.41 Å². The Morgan fingerprint density at radius 2 is 2.21 bits per heavy atom. The molecule has 148 valence electrons. The highest BCUT2D eigenvalue weighted by atomic mass is 32.1. The summed E-state index contributed by atoms with van der Waals surface area (Å²) in [6.07, 6.45) is 7.97. The first-order valence-electron chi connectivity index (χ1n) is 10.0. The van der Waals surface area contributed by atoms with E-state index in [1.54, 1.807) is 17.5 Å². The number of carbonyl (C=O) groups is 1. The predicted molar refractivity (Wildman–Crippen MR) is 112 cm³/mol. The van der Waals surface area contributed by atoms with Crippen LogP contribution in [0.1, 0.15) is 44.5 Å². The summed E-state index contributed by atoms with van der Waals surface area (Å²) in [7, 11) is 0. The van der Waals surface area contributed by atoms with Crippen molar-refractivity contribution in [2.45, 2.75) is 58.2 Å². The van der Waals surface area contributed by atoms with Gasteiger partial charge in [0.15, 0.2) is 0 Å². The third kappa shape index (κ3) is 3.76. The van der Waals surface area contributed by atoms with E-state index in [1.807, 2.05) is 23.7 Å². The summed E-state index contributed by atoms with van der Waals surface area (Å²) in [5, 5.41) is 5.28. The third-order valence-electron chi connectivity index (χ3n) is 6.18. The number of thiazole rings is 1. The molecule has 2 aromatic rings. The first-order chi connectivity index (χ1) is 13.6. The standard InChI is InChI=1S/C22H28N4OS/c1-16(2)8-10-26-19-6-7-20(26)22(12-19,11-18-14-28-15-25-18)21(27)24-13-17-5-3-4-9-23-17/h3-5,8-9,14-15,19-20H,6-7,10-13H2,1-2H3,(H,24,27)/t19-,20+,22+/m1/s1. The minimum absolute atomic E-state index is 0.153. The summed E-state index contributed by atoms with van der Waals surface area (Å²) in [4.78, 5) is 24.9. The van der Waals surface area contributed by atoms with E-state index in [2.05, 4.69) is 45.5 Å². The number of pyridine rings is 1. The third-order valence-corrected chi connectivity index (χ3v) is 6.81. The van der Waals surface area contributed by atoms with Crippen LogP contribution >= 0.6 is 11.3 Å². The summed E-state index contributed by atoms with van der Waals surface area (Å²) in [5.74, 6) is 0.153. The van der Waals surface area contributed by atoms with E-state index in [1.165, 1.54) is 12.0 Å². The topological polar surface area (TPSA) is 58.1 Å².